The van der Waals surface area contributed by atoms with Gasteiger partial charge in [0.15, 0.2) is 0 Å². The van der Waals surface area contributed by atoms with E-state index in [0.29, 0.717) is 0 Å². The van der Waals surface area contributed by atoms with E-state index in [1.165, 1.54) is 14.2 Å². The highest BCUT2D eigenvalue weighted by molar-refractivity contribution is 5.85. The van der Waals surface area contributed by atoms with Crippen LogP contribution in [0, 0.1) is 0 Å². The zero-order chi connectivity index (χ0) is 12.6. The molecule has 0 bridgehead atoms. The van der Waals surface area contributed by atoms with E-state index in [-0.39, 0.29) is 19.4 Å². The summed E-state index contributed by atoms with van der Waals surface area (Å²) in [4.78, 5) is 32.7. The van der Waals surface area contributed by atoms with Crippen LogP contribution in [0.5, 0.6) is 0 Å². The normalized spacial score (nSPS) is 11.4. The lowest BCUT2D eigenvalue weighted by molar-refractivity contribution is -0.142. The van der Waals surface area contributed by atoms with E-state index in [2.05, 4.69) is 14.8 Å². The van der Waals surface area contributed by atoms with Gasteiger partial charge >= 0.3 is 11.9 Å². The molecule has 7 heteroatoms. The molecule has 1 atom stereocenters. The van der Waals surface area contributed by atoms with Crippen molar-refractivity contribution >= 4 is 17.8 Å². The molecule has 7 nitrogen and oxygen atoms in total. The van der Waals surface area contributed by atoms with E-state index in [1.54, 1.807) is 0 Å². The fraction of sp³-hybridized carbons (Fsp3) is 0.667. The lowest BCUT2D eigenvalue weighted by Crippen LogP contribution is -2.43. The lowest BCUT2D eigenvalue weighted by atomic mass is 10.1. The summed E-state index contributed by atoms with van der Waals surface area (Å²) < 4.78 is 8.72. The van der Waals surface area contributed by atoms with Gasteiger partial charge in [0, 0.05) is 6.42 Å². The number of rotatable bonds is 6. The van der Waals surface area contributed by atoms with Gasteiger partial charge in [-0.1, -0.05) is 0 Å². The van der Waals surface area contributed by atoms with E-state index in [0.717, 1.165) is 0 Å². The minimum Gasteiger partial charge on any atom is -0.469 e. The maximum Gasteiger partial charge on any atom is 0.325 e. The number of ether oxygens (including phenoxy) is 2. The minimum absolute atomic E-state index is 0.0588. The number of hydrogen-bond donors (Lipinski definition) is 2. The Morgan fingerprint density at radius 2 is 1.75 bits per heavy atom. The van der Waals surface area contributed by atoms with Crippen LogP contribution in [-0.2, 0) is 23.9 Å². The van der Waals surface area contributed by atoms with Crippen LogP contribution < -0.4 is 11.1 Å². The molecular weight excluding hydrogens is 216 g/mol. The molecule has 0 aliphatic carbocycles. The SMILES string of the molecule is COC(=O)CC[C@@H](N)C(=O)NCC(=O)OC. The quantitative estimate of drug-likeness (QED) is 0.543. The average Bonchev–Trinajstić information content (AvgIpc) is 2.31. The van der Waals surface area contributed by atoms with Crippen molar-refractivity contribution in [1.82, 2.24) is 5.32 Å². The van der Waals surface area contributed by atoms with Crippen molar-refractivity contribution in [1.29, 1.82) is 0 Å². The van der Waals surface area contributed by atoms with Crippen LogP contribution in [0.15, 0.2) is 0 Å². The molecule has 0 saturated heterocycles. The molecule has 0 spiro atoms. The molecule has 0 aromatic rings. The van der Waals surface area contributed by atoms with E-state index in [9.17, 15) is 14.4 Å². The van der Waals surface area contributed by atoms with Crippen LogP contribution in [0.4, 0.5) is 0 Å². The number of methoxy groups -OCH3 is 2. The largest absolute Gasteiger partial charge is 0.469 e. The van der Waals surface area contributed by atoms with Crippen molar-refractivity contribution in [3.05, 3.63) is 0 Å². The topological polar surface area (TPSA) is 108 Å². The van der Waals surface area contributed by atoms with Gasteiger partial charge < -0.3 is 20.5 Å². The highest BCUT2D eigenvalue weighted by Gasteiger charge is 2.15. The third-order valence-electron chi connectivity index (χ3n) is 1.86. The van der Waals surface area contributed by atoms with Crippen molar-refractivity contribution in [2.45, 2.75) is 18.9 Å². The number of nitrogens with one attached hydrogen (secondary N) is 1. The first-order valence-corrected chi connectivity index (χ1v) is 4.68. The van der Waals surface area contributed by atoms with Gasteiger partial charge in [0.1, 0.15) is 6.54 Å². The Bertz CT molecular complexity index is 267. The fourth-order valence-corrected chi connectivity index (χ4v) is 0.869. The summed E-state index contributed by atoms with van der Waals surface area (Å²) in [6.45, 7) is -0.235. The molecule has 0 unspecified atom stereocenters. The second kappa shape index (κ2) is 7.63. The molecule has 3 N–H and O–H groups in total. The fourth-order valence-electron chi connectivity index (χ4n) is 0.869. The van der Waals surface area contributed by atoms with Crippen LogP contribution >= 0.6 is 0 Å². The summed E-state index contributed by atoms with van der Waals surface area (Å²) in [5, 5.41) is 2.28. The Kier molecular flexibility index (Phi) is 6.86. The van der Waals surface area contributed by atoms with Crippen molar-refractivity contribution in [3.8, 4) is 0 Å². The van der Waals surface area contributed by atoms with E-state index in [4.69, 9.17) is 5.73 Å². The molecule has 0 aromatic heterocycles. The van der Waals surface area contributed by atoms with Gasteiger partial charge in [-0.2, -0.15) is 0 Å². The molecule has 0 aliphatic rings. The third-order valence-corrected chi connectivity index (χ3v) is 1.86. The van der Waals surface area contributed by atoms with Crippen molar-refractivity contribution < 1.29 is 23.9 Å². The number of nitrogens with two attached hydrogens (primary N) is 1. The third kappa shape index (κ3) is 5.97. The molecular formula is C9H16N2O5. The summed E-state index contributed by atoms with van der Waals surface area (Å²) in [7, 11) is 2.47. The summed E-state index contributed by atoms with van der Waals surface area (Å²) >= 11 is 0. The highest BCUT2D eigenvalue weighted by atomic mass is 16.5. The van der Waals surface area contributed by atoms with Gasteiger partial charge in [-0.25, -0.2) is 0 Å². The van der Waals surface area contributed by atoms with Gasteiger partial charge in [0.25, 0.3) is 0 Å². The Balaban J connectivity index is 3.81. The van der Waals surface area contributed by atoms with Gasteiger partial charge in [0.2, 0.25) is 5.91 Å². The number of esters is 2. The van der Waals surface area contributed by atoms with Crippen LogP contribution in [0.1, 0.15) is 12.8 Å². The van der Waals surface area contributed by atoms with Crippen molar-refractivity contribution in [2.75, 3.05) is 20.8 Å². The van der Waals surface area contributed by atoms with Gasteiger partial charge in [0.05, 0.1) is 20.3 Å². The van der Waals surface area contributed by atoms with E-state index >= 15 is 0 Å². The molecule has 0 saturated carbocycles. The maximum atomic E-state index is 11.3. The Morgan fingerprint density at radius 1 is 1.19 bits per heavy atom. The molecule has 0 fully saturated rings. The first kappa shape index (κ1) is 14.4. The standard InChI is InChI=1S/C9H16N2O5/c1-15-7(12)4-3-6(10)9(14)11-5-8(13)16-2/h6H,3-5,10H2,1-2H3,(H,11,14)/t6-/m1/s1. The number of hydrogen-bond acceptors (Lipinski definition) is 6. The van der Waals surface area contributed by atoms with E-state index in [1.807, 2.05) is 0 Å². The molecule has 0 aromatic carbocycles. The minimum atomic E-state index is -0.844. The molecule has 0 radical (unpaired) electrons. The second-order valence-corrected chi connectivity index (χ2v) is 3.02. The van der Waals surface area contributed by atoms with Gasteiger partial charge in [-0.05, 0) is 6.42 Å². The molecule has 0 heterocycles. The predicted octanol–water partition coefficient (Wildman–Crippen LogP) is -1.44. The van der Waals surface area contributed by atoms with Crippen LogP contribution in [0.25, 0.3) is 0 Å². The molecule has 0 rings (SSSR count). The molecule has 16 heavy (non-hydrogen) atoms. The first-order valence-electron chi connectivity index (χ1n) is 4.68. The number of amides is 1. The summed E-state index contributed by atoms with van der Waals surface area (Å²) in [5.74, 6) is -1.50. The lowest BCUT2D eigenvalue weighted by Gasteiger charge is -2.10. The van der Waals surface area contributed by atoms with Gasteiger partial charge in [-0.15, -0.1) is 0 Å². The van der Waals surface area contributed by atoms with Crippen molar-refractivity contribution in [2.24, 2.45) is 5.73 Å². The summed E-state index contributed by atoms with van der Waals surface area (Å²) in [5.41, 5.74) is 5.48. The van der Waals surface area contributed by atoms with Crippen molar-refractivity contribution in [3.63, 3.8) is 0 Å². The highest BCUT2D eigenvalue weighted by Crippen LogP contribution is 1.96. The molecule has 1 amide bonds. The summed E-state index contributed by atoms with van der Waals surface area (Å²) in [6, 6.07) is -0.844. The monoisotopic (exact) mass is 232 g/mol. The molecule has 0 aliphatic heterocycles. The zero-order valence-corrected chi connectivity index (χ0v) is 9.32. The van der Waals surface area contributed by atoms with Crippen LogP contribution in [0.3, 0.4) is 0 Å². The Labute approximate surface area is 93.3 Å². The van der Waals surface area contributed by atoms with Crippen LogP contribution in [-0.4, -0.2) is 44.7 Å². The molecule has 92 valence electrons. The smallest absolute Gasteiger partial charge is 0.325 e. The van der Waals surface area contributed by atoms with Gasteiger partial charge in [-0.3, -0.25) is 14.4 Å². The second-order valence-electron chi connectivity index (χ2n) is 3.02. The maximum absolute atomic E-state index is 11.3. The van der Waals surface area contributed by atoms with E-state index < -0.39 is 23.9 Å². The Morgan fingerprint density at radius 3 is 2.25 bits per heavy atom. The predicted molar refractivity (Wildman–Crippen MR) is 54.3 cm³/mol. The zero-order valence-electron chi connectivity index (χ0n) is 9.32. The average molecular weight is 232 g/mol. The Hall–Kier alpha value is -1.63. The number of carbonyl (C=O) groups is 3. The number of carbonyl (C=O) groups excluding carboxylic acids is 3. The van der Waals surface area contributed by atoms with Crippen LogP contribution in [0.2, 0.25) is 0 Å². The summed E-state index contributed by atoms with van der Waals surface area (Å²) in [6.07, 6.45) is 0.225. The first-order chi connectivity index (χ1) is 7.51.